The number of nitrogens with zero attached hydrogens (tertiary/aromatic N) is 3. The summed E-state index contributed by atoms with van der Waals surface area (Å²) in [6.07, 6.45) is 2.13. The number of nitrogens with two attached hydrogens (primary N) is 1. The molecule has 238 valence electrons. The predicted octanol–water partition coefficient (Wildman–Crippen LogP) is 7.33. The summed E-state index contributed by atoms with van der Waals surface area (Å²) in [5.41, 5.74) is 8.52. The SMILES string of the molecule is CCCC[C@H](CO[P@@](=O)(N[C@@H](C)C(=O)OC(C)C)Oc1ccc(Br)cc1)n1c(COCC)nc2c(N)nc3ccccc3c21. The number of imidazole rings is 1. The van der Waals surface area contributed by atoms with Crippen molar-refractivity contribution in [3.05, 3.63) is 58.8 Å². The largest absolute Gasteiger partial charge is 0.462 e. The predicted molar refractivity (Wildman–Crippen MR) is 175 cm³/mol. The number of halogens is 1. The molecule has 2 aromatic carbocycles. The number of esters is 1. The fourth-order valence-corrected chi connectivity index (χ4v) is 6.61. The highest BCUT2D eigenvalue weighted by molar-refractivity contribution is 9.10. The molecule has 3 N–H and O–H groups in total. The molecule has 13 heteroatoms. The van der Waals surface area contributed by atoms with E-state index in [2.05, 4.69) is 37.5 Å². The van der Waals surface area contributed by atoms with E-state index in [1.54, 1.807) is 45.0 Å². The number of para-hydroxylation sites is 1. The topological polar surface area (TPSA) is 140 Å². The van der Waals surface area contributed by atoms with Crippen LogP contribution in [0.25, 0.3) is 21.9 Å². The van der Waals surface area contributed by atoms with Crippen LogP contribution in [0.5, 0.6) is 5.75 Å². The molecule has 0 aliphatic carbocycles. The van der Waals surface area contributed by atoms with E-state index >= 15 is 0 Å². The molecule has 0 unspecified atom stereocenters. The number of fused-ring (bicyclic) bond motifs is 3. The quantitative estimate of drug-likeness (QED) is 0.0907. The molecule has 0 saturated carbocycles. The summed E-state index contributed by atoms with van der Waals surface area (Å²) in [6.45, 7) is 9.80. The lowest BCUT2D eigenvalue weighted by Gasteiger charge is -2.27. The Morgan fingerprint density at radius 3 is 2.50 bits per heavy atom. The molecule has 0 aliphatic rings. The van der Waals surface area contributed by atoms with Crippen molar-refractivity contribution in [3.8, 4) is 5.75 Å². The van der Waals surface area contributed by atoms with Crippen LogP contribution in [0.15, 0.2) is 53.0 Å². The summed E-state index contributed by atoms with van der Waals surface area (Å²) < 4.78 is 40.5. The molecular weight excluding hydrogens is 649 g/mol. The van der Waals surface area contributed by atoms with E-state index < -0.39 is 19.8 Å². The molecule has 0 bridgehead atoms. The molecule has 0 saturated heterocycles. The normalized spacial score (nSPS) is 14.5. The number of nitrogen functional groups attached to an aromatic ring is 1. The van der Waals surface area contributed by atoms with Crippen molar-refractivity contribution < 1.29 is 27.9 Å². The number of rotatable bonds is 16. The van der Waals surface area contributed by atoms with E-state index in [9.17, 15) is 9.36 Å². The highest BCUT2D eigenvalue weighted by atomic mass is 79.9. The van der Waals surface area contributed by atoms with Crippen LogP contribution in [-0.4, -0.2) is 45.9 Å². The molecule has 44 heavy (non-hydrogen) atoms. The van der Waals surface area contributed by atoms with Gasteiger partial charge in [0.05, 0.1) is 29.8 Å². The molecule has 3 atom stereocenters. The minimum atomic E-state index is -4.12. The van der Waals surface area contributed by atoms with Crippen LogP contribution in [-0.2, 0) is 30.0 Å². The van der Waals surface area contributed by atoms with E-state index in [1.165, 1.54) is 0 Å². The van der Waals surface area contributed by atoms with Gasteiger partial charge in [-0.2, -0.15) is 5.09 Å². The van der Waals surface area contributed by atoms with Crippen molar-refractivity contribution >= 4 is 57.4 Å². The smallest absolute Gasteiger partial charge is 0.459 e. The number of carbonyl (C=O) groups excluding carboxylic acids is 1. The van der Waals surface area contributed by atoms with Gasteiger partial charge in [0.15, 0.2) is 5.82 Å². The molecule has 0 fully saturated rings. The molecule has 4 aromatic rings. The first-order valence-electron chi connectivity index (χ1n) is 14.9. The third-order valence-corrected chi connectivity index (χ3v) is 9.02. The van der Waals surface area contributed by atoms with Crippen LogP contribution in [0.2, 0.25) is 0 Å². The zero-order valence-corrected chi connectivity index (χ0v) is 28.3. The lowest BCUT2D eigenvalue weighted by atomic mass is 10.1. The Morgan fingerprint density at radius 1 is 1.09 bits per heavy atom. The van der Waals surface area contributed by atoms with Gasteiger partial charge in [-0.05, 0) is 64.4 Å². The summed E-state index contributed by atoms with van der Waals surface area (Å²) in [5, 5.41) is 3.67. The number of benzene rings is 2. The second kappa shape index (κ2) is 15.3. The summed E-state index contributed by atoms with van der Waals surface area (Å²) >= 11 is 3.40. The Hall–Kier alpha value is -3.02. The first-order valence-corrected chi connectivity index (χ1v) is 17.2. The minimum Gasteiger partial charge on any atom is -0.462 e. The van der Waals surface area contributed by atoms with Crippen LogP contribution >= 0.6 is 23.7 Å². The molecule has 4 rings (SSSR count). The Balaban J connectivity index is 1.76. The van der Waals surface area contributed by atoms with Gasteiger partial charge in [0, 0.05) is 16.5 Å². The van der Waals surface area contributed by atoms with E-state index in [0.29, 0.717) is 35.9 Å². The second-order valence-corrected chi connectivity index (χ2v) is 13.3. The number of hydrogen-bond acceptors (Lipinski definition) is 9. The van der Waals surface area contributed by atoms with Crippen LogP contribution in [0.3, 0.4) is 0 Å². The minimum absolute atomic E-state index is 0.0199. The van der Waals surface area contributed by atoms with Gasteiger partial charge in [-0.25, -0.2) is 14.5 Å². The van der Waals surface area contributed by atoms with E-state index in [0.717, 1.165) is 33.7 Å². The van der Waals surface area contributed by atoms with Crippen molar-refractivity contribution in [2.45, 2.75) is 78.7 Å². The third-order valence-electron chi connectivity index (χ3n) is 6.85. The molecule has 0 spiro atoms. The number of aromatic nitrogens is 3. The standard InChI is InChI=1S/C31H41BrN5O6P/c1-6-8-11-23(37-27(19-40-7-2)35-28-29(37)25-12-9-10-13-26(25)34-30(28)33)18-41-44(39,36-21(5)31(38)42-20(3)4)43-24-16-14-22(32)15-17-24/h9-10,12-17,20-21,23H,6-8,11,18-19H2,1-5H3,(H2,33,34)(H,36,39)/t21-,23+,44-/m0/s1. The Kier molecular flexibility index (Phi) is 11.8. The Morgan fingerprint density at radius 2 is 1.82 bits per heavy atom. The fraction of sp³-hybridized carbons (Fsp3) is 0.452. The zero-order valence-electron chi connectivity index (χ0n) is 25.8. The molecule has 0 aliphatic heterocycles. The Bertz CT molecular complexity index is 1610. The van der Waals surface area contributed by atoms with Crippen LogP contribution in [0.4, 0.5) is 5.82 Å². The number of ether oxygens (including phenoxy) is 2. The summed E-state index contributed by atoms with van der Waals surface area (Å²) in [6, 6.07) is 13.3. The van der Waals surface area contributed by atoms with Gasteiger partial charge in [0.25, 0.3) is 0 Å². The van der Waals surface area contributed by atoms with Crippen molar-refractivity contribution in [2.24, 2.45) is 0 Å². The number of anilines is 1. The lowest BCUT2D eigenvalue weighted by Crippen LogP contribution is -2.36. The van der Waals surface area contributed by atoms with Gasteiger partial charge in [0.2, 0.25) is 0 Å². The number of pyridine rings is 1. The van der Waals surface area contributed by atoms with Gasteiger partial charge in [-0.15, -0.1) is 0 Å². The van der Waals surface area contributed by atoms with E-state index in [-0.39, 0.29) is 25.4 Å². The average molecular weight is 691 g/mol. The van der Waals surface area contributed by atoms with Crippen LogP contribution in [0, 0.1) is 0 Å². The molecule has 11 nitrogen and oxygen atoms in total. The molecular formula is C31H41BrN5O6P. The first kappa shape index (κ1) is 33.9. The average Bonchev–Trinajstić information content (AvgIpc) is 3.37. The number of nitrogens with one attached hydrogen (secondary N) is 1. The maximum atomic E-state index is 14.3. The summed E-state index contributed by atoms with van der Waals surface area (Å²) in [7, 11) is -4.12. The van der Waals surface area contributed by atoms with Crippen LogP contribution in [0.1, 0.15) is 65.7 Å². The second-order valence-electron chi connectivity index (χ2n) is 10.7. The monoisotopic (exact) mass is 689 g/mol. The van der Waals surface area contributed by atoms with Gasteiger partial charge in [-0.3, -0.25) is 9.32 Å². The highest BCUT2D eigenvalue weighted by Crippen LogP contribution is 2.46. The van der Waals surface area contributed by atoms with Crippen LogP contribution < -0.4 is 15.3 Å². The fourth-order valence-electron chi connectivity index (χ4n) is 4.82. The van der Waals surface area contributed by atoms with Gasteiger partial charge >= 0.3 is 13.7 Å². The molecule has 2 aromatic heterocycles. The van der Waals surface area contributed by atoms with Gasteiger partial charge in [-0.1, -0.05) is 53.9 Å². The number of carbonyl (C=O) groups is 1. The maximum Gasteiger partial charge on any atom is 0.459 e. The molecule has 0 amide bonds. The third kappa shape index (κ3) is 8.37. The summed E-state index contributed by atoms with van der Waals surface area (Å²) in [4.78, 5) is 22.1. The first-order chi connectivity index (χ1) is 21.0. The van der Waals surface area contributed by atoms with E-state index in [4.69, 9.17) is 29.2 Å². The summed E-state index contributed by atoms with van der Waals surface area (Å²) in [5.74, 6) is 0.712. The zero-order chi connectivity index (χ0) is 31.9. The number of unbranched alkanes of at least 4 members (excludes halogenated alkanes) is 1. The van der Waals surface area contributed by atoms with Crippen molar-refractivity contribution in [1.82, 2.24) is 19.6 Å². The van der Waals surface area contributed by atoms with Gasteiger partial charge in [0.1, 0.15) is 29.7 Å². The lowest BCUT2D eigenvalue weighted by molar-refractivity contribution is -0.149. The van der Waals surface area contributed by atoms with Crippen molar-refractivity contribution in [2.75, 3.05) is 18.9 Å². The molecule has 2 heterocycles. The van der Waals surface area contributed by atoms with Gasteiger partial charge < -0.3 is 24.3 Å². The van der Waals surface area contributed by atoms with E-state index in [1.807, 2.05) is 31.2 Å². The Labute approximate surface area is 266 Å². The highest BCUT2D eigenvalue weighted by Gasteiger charge is 2.34. The van der Waals surface area contributed by atoms with Crippen molar-refractivity contribution in [3.63, 3.8) is 0 Å². The van der Waals surface area contributed by atoms with Crippen molar-refractivity contribution in [1.29, 1.82) is 0 Å². The molecule has 0 radical (unpaired) electrons. The number of hydrogen-bond donors (Lipinski definition) is 2. The maximum absolute atomic E-state index is 14.3.